The summed E-state index contributed by atoms with van der Waals surface area (Å²) in [6, 6.07) is 0. The van der Waals surface area contributed by atoms with Crippen LogP contribution in [-0.2, 0) is 5.41 Å². The molecule has 0 radical (unpaired) electrons. The van der Waals surface area contributed by atoms with Gasteiger partial charge in [-0.1, -0.05) is 26.0 Å². The fraction of sp³-hybridized carbons (Fsp3) is 0.500. The van der Waals surface area contributed by atoms with Gasteiger partial charge in [0, 0.05) is 5.41 Å². The van der Waals surface area contributed by atoms with Crippen molar-refractivity contribution in [3.8, 4) is 0 Å². The van der Waals surface area contributed by atoms with Crippen LogP contribution < -0.4 is 5.56 Å². The molecule has 0 fully saturated rings. The summed E-state index contributed by atoms with van der Waals surface area (Å²) in [7, 11) is 0. The van der Waals surface area contributed by atoms with Gasteiger partial charge in [-0.3, -0.25) is 4.79 Å². The lowest BCUT2D eigenvalue weighted by Gasteiger charge is -2.15. The zero-order valence-corrected chi connectivity index (χ0v) is 8.25. The summed E-state index contributed by atoms with van der Waals surface area (Å²) >= 11 is 0. The molecule has 6 nitrogen and oxygen atoms in total. The lowest BCUT2D eigenvalue weighted by molar-refractivity contribution is 0.545. The number of fused-ring (bicyclic) bond motifs is 1. The average Bonchev–Trinajstić information content (AvgIpc) is 2.50. The summed E-state index contributed by atoms with van der Waals surface area (Å²) in [5, 5.41) is 9.78. The van der Waals surface area contributed by atoms with Gasteiger partial charge in [-0.15, -0.1) is 5.10 Å². The van der Waals surface area contributed by atoms with Gasteiger partial charge >= 0.3 is 5.56 Å². The second-order valence-corrected chi connectivity index (χ2v) is 4.18. The Labute approximate surface area is 79.8 Å². The maximum Gasteiger partial charge on any atom is 0.303 e. The molecule has 0 saturated carbocycles. The Hall–Kier alpha value is -1.72. The molecule has 0 saturated heterocycles. The maximum atomic E-state index is 11.5. The molecule has 2 N–H and O–H groups in total. The highest BCUT2D eigenvalue weighted by atomic mass is 16.1. The van der Waals surface area contributed by atoms with Crippen molar-refractivity contribution in [2.24, 2.45) is 0 Å². The number of nitrogens with one attached hydrogen (secondary N) is 2. The largest absolute Gasteiger partial charge is 0.326 e. The van der Waals surface area contributed by atoms with E-state index in [2.05, 4.69) is 25.4 Å². The van der Waals surface area contributed by atoms with Gasteiger partial charge in [0.2, 0.25) is 0 Å². The molecule has 0 bridgehead atoms. The fourth-order valence-corrected chi connectivity index (χ4v) is 1.12. The minimum Gasteiger partial charge on any atom is -0.326 e. The Balaban J connectivity index is 2.77. The van der Waals surface area contributed by atoms with Crippen LogP contribution >= 0.6 is 0 Å². The molecular weight excluding hydrogens is 182 g/mol. The van der Waals surface area contributed by atoms with E-state index in [9.17, 15) is 4.79 Å². The van der Waals surface area contributed by atoms with Gasteiger partial charge in [-0.05, 0) is 0 Å². The fourth-order valence-electron chi connectivity index (χ4n) is 1.12. The van der Waals surface area contributed by atoms with E-state index in [0.717, 1.165) is 0 Å². The molecule has 2 rings (SSSR count). The van der Waals surface area contributed by atoms with Gasteiger partial charge in [0.15, 0.2) is 11.2 Å². The summed E-state index contributed by atoms with van der Waals surface area (Å²) in [6.45, 7) is 5.92. The Morgan fingerprint density at radius 3 is 2.64 bits per heavy atom. The second-order valence-electron chi connectivity index (χ2n) is 4.18. The van der Waals surface area contributed by atoms with E-state index in [0.29, 0.717) is 11.5 Å². The van der Waals surface area contributed by atoms with Gasteiger partial charge in [-0.25, -0.2) is 5.10 Å². The molecule has 0 aliphatic heterocycles. The predicted octanol–water partition coefficient (Wildman–Crippen LogP) is 0.339. The number of nitrogens with zero attached hydrogens (tertiary/aromatic N) is 3. The zero-order chi connectivity index (χ0) is 10.3. The van der Waals surface area contributed by atoms with Crippen LogP contribution in [0, 0.1) is 0 Å². The third-order valence-corrected chi connectivity index (χ3v) is 1.92. The average molecular weight is 193 g/mol. The molecule has 0 spiro atoms. The minimum atomic E-state index is -0.350. The molecule has 2 heterocycles. The van der Waals surface area contributed by atoms with Crippen LogP contribution in [0.4, 0.5) is 0 Å². The van der Waals surface area contributed by atoms with E-state index in [1.807, 2.05) is 20.8 Å². The third kappa shape index (κ3) is 1.28. The summed E-state index contributed by atoms with van der Waals surface area (Å²) < 4.78 is 0. The number of hydrogen-bond donors (Lipinski definition) is 2. The first-order valence-electron chi connectivity index (χ1n) is 4.30. The molecule has 2 aromatic rings. The quantitative estimate of drug-likeness (QED) is 0.631. The van der Waals surface area contributed by atoms with Crippen LogP contribution in [0.15, 0.2) is 4.79 Å². The van der Waals surface area contributed by atoms with E-state index < -0.39 is 0 Å². The molecule has 0 aromatic carbocycles. The maximum absolute atomic E-state index is 11.5. The number of aromatic nitrogens is 5. The predicted molar refractivity (Wildman–Crippen MR) is 51.0 cm³/mol. The molecule has 6 heteroatoms. The molecule has 0 unspecified atom stereocenters. The summed E-state index contributed by atoms with van der Waals surface area (Å²) in [6.07, 6.45) is 0. The second kappa shape index (κ2) is 2.63. The molecule has 0 aliphatic rings. The molecular formula is C8H11N5O. The van der Waals surface area contributed by atoms with E-state index in [-0.39, 0.29) is 16.5 Å². The summed E-state index contributed by atoms with van der Waals surface area (Å²) in [4.78, 5) is 18.4. The molecule has 0 amide bonds. The molecule has 2 aromatic heterocycles. The van der Waals surface area contributed by atoms with Crippen molar-refractivity contribution in [1.82, 2.24) is 25.4 Å². The highest BCUT2D eigenvalue weighted by Gasteiger charge is 2.18. The van der Waals surface area contributed by atoms with Crippen molar-refractivity contribution in [1.29, 1.82) is 0 Å². The van der Waals surface area contributed by atoms with Crippen LogP contribution in [0.5, 0.6) is 0 Å². The highest BCUT2D eigenvalue weighted by molar-refractivity contribution is 5.66. The van der Waals surface area contributed by atoms with Gasteiger partial charge in [0.25, 0.3) is 0 Å². The summed E-state index contributed by atoms with van der Waals surface area (Å²) in [5.74, 6) is 0.626. The third-order valence-electron chi connectivity index (χ3n) is 1.92. The number of H-pyrrole nitrogens is 2. The van der Waals surface area contributed by atoms with Gasteiger partial charge < -0.3 is 4.98 Å². The Morgan fingerprint density at radius 2 is 2.00 bits per heavy atom. The van der Waals surface area contributed by atoms with Crippen molar-refractivity contribution in [3.05, 3.63) is 16.2 Å². The monoisotopic (exact) mass is 193 g/mol. The molecule has 0 aliphatic carbocycles. The Kier molecular flexibility index (Phi) is 1.67. The van der Waals surface area contributed by atoms with E-state index in [4.69, 9.17) is 0 Å². The van der Waals surface area contributed by atoms with Gasteiger partial charge in [-0.2, -0.15) is 4.98 Å². The van der Waals surface area contributed by atoms with Crippen molar-refractivity contribution >= 4 is 11.2 Å². The van der Waals surface area contributed by atoms with E-state index in [1.54, 1.807) is 0 Å². The number of aromatic amines is 2. The van der Waals surface area contributed by atoms with Crippen molar-refractivity contribution in [3.63, 3.8) is 0 Å². The van der Waals surface area contributed by atoms with Crippen LogP contribution in [0.3, 0.4) is 0 Å². The van der Waals surface area contributed by atoms with E-state index >= 15 is 0 Å². The SMILES string of the molecule is CC(C)(C)c1nc(=O)c2nn[nH]c2[nH]1. The minimum absolute atomic E-state index is 0.196. The molecule has 74 valence electrons. The van der Waals surface area contributed by atoms with E-state index in [1.165, 1.54) is 0 Å². The van der Waals surface area contributed by atoms with Crippen LogP contribution in [0.1, 0.15) is 26.6 Å². The standard InChI is InChI=1S/C8H11N5O/c1-8(2,3)7-9-5-4(6(14)10-7)11-13-12-5/h1-3H3,(H2,9,10,11,12,13,14). The zero-order valence-electron chi connectivity index (χ0n) is 8.25. The molecule has 0 atom stereocenters. The van der Waals surface area contributed by atoms with Crippen molar-refractivity contribution in [2.45, 2.75) is 26.2 Å². The van der Waals surface area contributed by atoms with Crippen LogP contribution in [-0.4, -0.2) is 25.4 Å². The van der Waals surface area contributed by atoms with Gasteiger partial charge in [0.05, 0.1) is 0 Å². The van der Waals surface area contributed by atoms with Crippen molar-refractivity contribution in [2.75, 3.05) is 0 Å². The lowest BCUT2D eigenvalue weighted by atomic mass is 9.96. The Bertz CT molecular complexity index is 518. The Morgan fingerprint density at radius 1 is 1.29 bits per heavy atom. The topological polar surface area (TPSA) is 87.3 Å². The van der Waals surface area contributed by atoms with Crippen LogP contribution in [0.2, 0.25) is 0 Å². The van der Waals surface area contributed by atoms with Crippen molar-refractivity contribution < 1.29 is 0 Å². The normalized spacial score (nSPS) is 12.2. The summed E-state index contributed by atoms with van der Waals surface area (Å²) in [5.41, 5.74) is 0.226. The number of rotatable bonds is 0. The molecule has 14 heavy (non-hydrogen) atoms. The first kappa shape index (κ1) is 8.86. The highest BCUT2D eigenvalue weighted by Crippen LogP contribution is 2.17. The van der Waals surface area contributed by atoms with Gasteiger partial charge in [0.1, 0.15) is 5.82 Å². The smallest absolute Gasteiger partial charge is 0.303 e. The first-order chi connectivity index (χ1) is 6.48. The lowest BCUT2D eigenvalue weighted by Crippen LogP contribution is -2.22. The number of hydrogen-bond acceptors (Lipinski definition) is 4. The first-order valence-corrected chi connectivity index (χ1v) is 4.30. The van der Waals surface area contributed by atoms with Crippen LogP contribution in [0.25, 0.3) is 11.2 Å².